The molecule has 0 aliphatic carbocycles. The van der Waals surface area contributed by atoms with E-state index in [0.717, 1.165) is 0 Å². The zero-order valence-electron chi connectivity index (χ0n) is 10.3. The molecule has 0 unspecified atom stereocenters. The molecule has 0 radical (unpaired) electrons. The molecule has 0 saturated carbocycles. The van der Waals surface area contributed by atoms with Crippen LogP contribution in [0.5, 0.6) is 0 Å². The first-order chi connectivity index (χ1) is 8.18. The van der Waals surface area contributed by atoms with Crippen molar-refractivity contribution < 1.29 is 0 Å². The summed E-state index contributed by atoms with van der Waals surface area (Å²) in [5.41, 5.74) is 2.43. The molecule has 0 saturated heterocycles. The van der Waals surface area contributed by atoms with Gasteiger partial charge in [0.1, 0.15) is 0 Å². The van der Waals surface area contributed by atoms with Crippen LogP contribution < -0.4 is 4.90 Å². The SMILES string of the molecule is CN(C)c1cccc2ccc3cnn(C)c3c12. The highest BCUT2D eigenvalue weighted by atomic mass is 15.2. The molecule has 0 amide bonds. The van der Waals surface area contributed by atoms with E-state index < -0.39 is 0 Å². The van der Waals surface area contributed by atoms with Gasteiger partial charge in [-0.25, -0.2) is 0 Å². The Kier molecular flexibility index (Phi) is 2.08. The van der Waals surface area contributed by atoms with E-state index in [9.17, 15) is 0 Å². The Morgan fingerprint density at radius 1 is 1.06 bits per heavy atom. The second kappa shape index (κ2) is 3.48. The van der Waals surface area contributed by atoms with Crippen molar-refractivity contribution in [2.45, 2.75) is 0 Å². The van der Waals surface area contributed by atoms with Crippen LogP contribution in [0.15, 0.2) is 36.5 Å². The average Bonchev–Trinajstić information content (AvgIpc) is 2.70. The van der Waals surface area contributed by atoms with E-state index in [1.807, 2.05) is 17.9 Å². The second-order valence-electron chi connectivity index (χ2n) is 4.54. The number of aryl methyl sites for hydroxylation is 1. The molecule has 3 aromatic rings. The Labute approximate surface area is 100 Å². The molecule has 0 aliphatic rings. The molecule has 3 rings (SSSR count). The first-order valence-electron chi connectivity index (χ1n) is 5.69. The summed E-state index contributed by atoms with van der Waals surface area (Å²) in [7, 11) is 6.14. The second-order valence-corrected chi connectivity index (χ2v) is 4.54. The highest BCUT2D eigenvalue weighted by Crippen LogP contribution is 2.32. The van der Waals surface area contributed by atoms with Gasteiger partial charge in [0, 0.05) is 37.6 Å². The average molecular weight is 225 g/mol. The van der Waals surface area contributed by atoms with Gasteiger partial charge in [-0.1, -0.05) is 24.3 Å². The fraction of sp³-hybridized carbons (Fsp3) is 0.214. The number of benzene rings is 2. The maximum absolute atomic E-state index is 4.34. The van der Waals surface area contributed by atoms with Crippen molar-refractivity contribution in [3.63, 3.8) is 0 Å². The summed E-state index contributed by atoms with van der Waals surface area (Å²) in [5.74, 6) is 0. The van der Waals surface area contributed by atoms with Gasteiger partial charge in [0.2, 0.25) is 0 Å². The third-order valence-corrected chi connectivity index (χ3v) is 3.20. The molecular weight excluding hydrogens is 210 g/mol. The maximum atomic E-state index is 4.34. The molecule has 1 heterocycles. The van der Waals surface area contributed by atoms with Crippen LogP contribution in [0.2, 0.25) is 0 Å². The van der Waals surface area contributed by atoms with Crippen molar-refractivity contribution in [3.8, 4) is 0 Å². The lowest BCUT2D eigenvalue weighted by molar-refractivity contribution is 0.799. The predicted octanol–water partition coefficient (Wildman–Crippen LogP) is 2.79. The van der Waals surface area contributed by atoms with Crippen LogP contribution in [-0.2, 0) is 7.05 Å². The molecule has 0 fully saturated rings. The minimum absolute atomic E-state index is 1.19. The highest BCUT2D eigenvalue weighted by molar-refractivity contribution is 6.11. The number of hydrogen-bond acceptors (Lipinski definition) is 2. The summed E-state index contributed by atoms with van der Waals surface area (Å²) in [6.45, 7) is 0. The fourth-order valence-electron chi connectivity index (χ4n) is 2.39. The standard InChI is InChI=1S/C14H15N3/c1-16(2)12-6-4-5-10-7-8-11-9-15-17(3)14(11)13(10)12/h4-9H,1-3H3. The van der Waals surface area contributed by atoms with Gasteiger partial charge in [0.05, 0.1) is 11.7 Å². The van der Waals surface area contributed by atoms with Crippen molar-refractivity contribution in [1.82, 2.24) is 9.78 Å². The largest absolute Gasteiger partial charge is 0.377 e. The van der Waals surface area contributed by atoms with Crippen molar-refractivity contribution >= 4 is 27.4 Å². The van der Waals surface area contributed by atoms with Crippen LogP contribution in [0, 0.1) is 0 Å². The van der Waals surface area contributed by atoms with Crippen LogP contribution in [0.1, 0.15) is 0 Å². The summed E-state index contributed by atoms with van der Waals surface area (Å²) in [6, 6.07) is 10.7. The molecule has 3 nitrogen and oxygen atoms in total. The Morgan fingerprint density at radius 3 is 2.59 bits per heavy atom. The highest BCUT2D eigenvalue weighted by Gasteiger charge is 2.09. The summed E-state index contributed by atoms with van der Waals surface area (Å²) < 4.78 is 1.95. The lowest BCUT2D eigenvalue weighted by Crippen LogP contribution is -2.09. The zero-order chi connectivity index (χ0) is 12.0. The Hall–Kier alpha value is -2.03. The van der Waals surface area contributed by atoms with Gasteiger partial charge in [-0.15, -0.1) is 0 Å². The third-order valence-electron chi connectivity index (χ3n) is 3.20. The first kappa shape index (κ1) is 10.1. The van der Waals surface area contributed by atoms with E-state index in [1.54, 1.807) is 0 Å². The van der Waals surface area contributed by atoms with Crippen molar-refractivity contribution in [3.05, 3.63) is 36.5 Å². The molecule has 17 heavy (non-hydrogen) atoms. The van der Waals surface area contributed by atoms with E-state index in [-0.39, 0.29) is 0 Å². The summed E-state index contributed by atoms with van der Waals surface area (Å²) in [4.78, 5) is 2.15. The zero-order valence-corrected chi connectivity index (χ0v) is 10.3. The summed E-state index contributed by atoms with van der Waals surface area (Å²) >= 11 is 0. The van der Waals surface area contributed by atoms with Crippen LogP contribution in [0.3, 0.4) is 0 Å². The minimum atomic E-state index is 1.19. The number of anilines is 1. The quantitative estimate of drug-likeness (QED) is 0.635. The molecule has 1 aromatic heterocycles. The molecule has 86 valence electrons. The van der Waals surface area contributed by atoms with Crippen LogP contribution in [-0.4, -0.2) is 23.9 Å². The maximum Gasteiger partial charge on any atom is 0.0778 e. The van der Waals surface area contributed by atoms with Gasteiger partial charge >= 0.3 is 0 Å². The Morgan fingerprint density at radius 2 is 1.82 bits per heavy atom. The molecule has 0 spiro atoms. The monoisotopic (exact) mass is 225 g/mol. The summed E-state index contributed by atoms with van der Waals surface area (Å²) in [6.07, 6.45) is 1.92. The lowest BCUT2D eigenvalue weighted by atomic mass is 10.1. The molecule has 0 N–H and O–H groups in total. The predicted molar refractivity (Wildman–Crippen MR) is 72.5 cm³/mol. The van der Waals surface area contributed by atoms with Crippen molar-refractivity contribution in [2.24, 2.45) is 7.05 Å². The third kappa shape index (κ3) is 1.39. The molecule has 2 aromatic carbocycles. The van der Waals surface area contributed by atoms with E-state index in [2.05, 4.69) is 54.4 Å². The number of rotatable bonds is 1. The van der Waals surface area contributed by atoms with Crippen molar-refractivity contribution in [2.75, 3.05) is 19.0 Å². The number of hydrogen-bond donors (Lipinski definition) is 0. The molecule has 0 atom stereocenters. The van der Waals surface area contributed by atoms with E-state index >= 15 is 0 Å². The van der Waals surface area contributed by atoms with Gasteiger partial charge in [-0.05, 0) is 11.5 Å². The van der Waals surface area contributed by atoms with Gasteiger partial charge in [0.15, 0.2) is 0 Å². The number of aromatic nitrogens is 2. The smallest absolute Gasteiger partial charge is 0.0778 e. The van der Waals surface area contributed by atoms with E-state index in [4.69, 9.17) is 0 Å². The van der Waals surface area contributed by atoms with Gasteiger partial charge in [0.25, 0.3) is 0 Å². The fourth-order valence-corrected chi connectivity index (χ4v) is 2.39. The molecule has 0 bridgehead atoms. The Bertz CT molecular complexity index is 695. The van der Waals surface area contributed by atoms with Crippen molar-refractivity contribution in [1.29, 1.82) is 0 Å². The van der Waals surface area contributed by atoms with Crippen LogP contribution in [0.25, 0.3) is 21.7 Å². The summed E-state index contributed by atoms with van der Waals surface area (Å²) in [5, 5.41) is 8.06. The van der Waals surface area contributed by atoms with E-state index in [0.29, 0.717) is 0 Å². The number of fused-ring (bicyclic) bond motifs is 3. The van der Waals surface area contributed by atoms with Crippen LogP contribution >= 0.6 is 0 Å². The van der Waals surface area contributed by atoms with Gasteiger partial charge < -0.3 is 4.90 Å². The van der Waals surface area contributed by atoms with Crippen LogP contribution in [0.4, 0.5) is 5.69 Å². The first-order valence-corrected chi connectivity index (χ1v) is 5.69. The Balaban J connectivity index is 2.58. The lowest BCUT2D eigenvalue weighted by Gasteiger charge is -2.16. The molecular formula is C14H15N3. The van der Waals surface area contributed by atoms with E-state index in [1.165, 1.54) is 27.4 Å². The van der Waals surface area contributed by atoms with Gasteiger partial charge in [-0.3, -0.25) is 4.68 Å². The molecule has 0 aliphatic heterocycles. The number of nitrogens with zero attached hydrogens (tertiary/aromatic N) is 3. The van der Waals surface area contributed by atoms with Gasteiger partial charge in [-0.2, -0.15) is 5.10 Å². The minimum Gasteiger partial charge on any atom is -0.377 e. The molecule has 3 heteroatoms. The normalized spacial score (nSPS) is 11.2. The topological polar surface area (TPSA) is 21.1 Å².